The number of rotatable bonds is 5. The number of aromatic nitrogens is 3. The van der Waals surface area contributed by atoms with Gasteiger partial charge >= 0.3 is 5.97 Å². The van der Waals surface area contributed by atoms with Gasteiger partial charge in [-0.15, -0.1) is 5.10 Å². The van der Waals surface area contributed by atoms with Gasteiger partial charge in [0.25, 0.3) is 5.91 Å². The van der Waals surface area contributed by atoms with Crippen LogP contribution in [0.2, 0.25) is 0 Å². The van der Waals surface area contributed by atoms with Crippen molar-refractivity contribution in [2.75, 3.05) is 7.11 Å². The van der Waals surface area contributed by atoms with Crippen LogP contribution in [0.4, 0.5) is 0 Å². The van der Waals surface area contributed by atoms with Gasteiger partial charge in [-0.2, -0.15) is 0 Å². The summed E-state index contributed by atoms with van der Waals surface area (Å²) in [6.07, 6.45) is 0. The Kier molecular flexibility index (Phi) is 4.74. The Labute approximate surface area is 144 Å². The van der Waals surface area contributed by atoms with Gasteiger partial charge in [0.1, 0.15) is 5.52 Å². The number of carbonyl (C=O) groups is 2. The molecule has 3 aromatic rings. The lowest BCUT2D eigenvalue weighted by Gasteiger charge is -2.06. The third-order valence-electron chi connectivity index (χ3n) is 3.90. The van der Waals surface area contributed by atoms with Gasteiger partial charge in [-0.1, -0.05) is 17.3 Å². The molecule has 7 heteroatoms. The van der Waals surface area contributed by atoms with Gasteiger partial charge in [0.15, 0.2) is 0 Å². The maximum Gasteiger partial charge on any atom is 0.337 e. The van der Waals surface area contributed by atoms with Crippen LogP contribution in [-0.2, 0) is 17.8 Å². The fraction of sp³-hybridized carbons (Fsp3) is 0.222. The van der Waals surface area contributed by atoms with E-state index >= 15 is 0 Å². The van der Waals surface area contributed by atoms with Crippen LogP contribution in [-0.4, -0.2) is 34.0 Å². The molecule has 0 saturated carbocycles. The molecule has 3 rings (SSSR count). The Morgan fingerprint density at radius 2 is 1.84 bits per heavy atom. The Balaban J connectivity index is 1.67. The van der Waals surface area contributed by atoms with Gasteiger partial charge in [0.2, 0.25) is 0 Å². The molecular weight excluding hydrogens is 320 g/mol. The quantitative estimate of drug-likeness (QED) is 0.721. The van der Waals surface area contributed by atoms with Gasteiger partial charge in [0.05, 0.1) is 18.2 Å². The van der Waals surface area contributed by atoms with Crippen molar-refractivity contribution in [3.05, 3.63) is 59.2 Å². The lowest BCUT2D eigenvalue weighted by molar-refractivity contribution is 0.0600. The number of fused-ring (bicyclic) bond motifs is 1. The van der Waals surface area contributed by atoms with Crippen LogP contribution in [0.25, 0.3) is 11.0 Å². The van der Waals surface area contributed by atoms with Crippen LogP contribution in [0.15, 0.2) is 42.5 Å². The van der Waals surface area contributed by atoms with Crippen LogP contribution in [0.3, 0.4) is 0 Å². The summed E-state index contributed by atoms with van der Waals surface area (Å²) < 4.78 is 6.43. The van der Waals surface area contributed by atoms with Crippen molar-refractivity contribution in [2.45, 2.75) is 20.0 Å². The molecule has 0 unspecified atom stereocenters. The molecule has 1 amide bonds. The molecule has 0 spiro atoms. The van der Waals surface area contributed by atoms with Crippen molar-refractivity contribution in [1.29, 1.82) is 0 Å². The van der Waals surface area contributed by atoms with Crippen LogP contribution in [0.1, 0.15) is 33.2 Å². The van der Waals surface area contributed by atoms with E-state index in [2.05, 4.69) is 20.4 Å². The minimum absolute atomic E-state index is 0.190. The molecule has 0 aliphatic heterocycles. The molecule has 0 radical (unpaired) electrons. The zero-order chi connectivity index (χ0) is 17.8. The van der Waals surface area contributed by atoms with Crippen LogP contribution in [0.5, 0.6) is 0 Å². The van der Waals surface area contributed by atoms with E-state index in [1.165, 1.54) is 7.11 Å². The van der Waals surface area contributed by atoms with Crippen LogP contribution < -0.4 is 5.32 Å². The number of esters is 1. The van der Waals surface area contributed by atoms with Crippen molar-refractivity contribution in [3.63, 3.8) is 0 Å². The highest BCUT2D eigenvalue weighted by atomic mass is 16.5. The monoisotopic (exact) mass is 338 g/mol. The van der Waals surface area contributed by atoms with E-state index in [0.717, 1.165) is 17.6 Å². The SMILES string of the molecule is CCn1nnc2cc(C(=O)NCc3ccc(C(=O)OC)cc3)ccc21. The topological polar surface area (TPSA) is 86.1 Å². The van der Waals surface area contributed by atoms with E-state index in [-0.39, 0.29) is 11.9 Å². The number of benzene rings is 2. The van der Waals surface area contributed by atoms with Gasteiger partial charge in [0, 0.05) is 18.7 Å². The predicted molar refractivity (Wildman–Crippen MR) is 92.2 cm³/mol. The molecule has 0 atom stereocenters. The maximum absolute atomic E-state index is 12.3. The predicted octanol–water partition coefficient (Wildman–Crippen LogP) is 2.17. The van der Waals surface area contributed by atoms with E-state index in [1.54, 1.807) is 41.1 Å². The Morgan fingerprint density at radius 3 is 2.52 bits per heavy atom. The van der Waals surface area contributed by atoms with Crippen molar-refractivity contribution >= 4 is 22.9 Å². The van der Waals surface area contributed by atoms with E-state index < -0.39 is 0 Å². The lowest BCUT2D eigenvalue weighted by atomic mass is 10.1. The summed E-state index contributed by atoms with van der Waals surface area (Å²) in [4.78, 5) is 23.7. The smallest absolute Gasteiger partial charge is 0.337 e. The highest BCUT2D eigenvalue weighted by Crippen LogP contribution is 2.14. The number of carbonyl (C=O) groups excluding carboxylic acids is 2. The molecule has 2 aromatic carbocycles. The highest BCUT2D eigenvalue weighted by molar-refractivity contribution is 5.97. The lowest BCUT2D eigenvalue weighted by Crippen LogP contribution is -2.22. The first-order valence-electron chi connectivity index (χ1n) is 7.91. The van der Waals surface area contributed by atoms with Crippen molar-refractivity contribution in [2.24, 2.45) is 0 Å². The zero-order valence-electron chi connectivity index (χ0n) is 14.0. The van der Waals surface area contributed by atoms with Crippen molar-refractivity contribution < 1.29 is 14.3 Å². The second-order valence-corrected chi connectivity index (χ2v) is 5.48. The molecule has 0 aliphatic rings. The molecule has 0 aliphatic carbocycles. The average molecular weight is 338 g/mol. The summed E-state index contributed by atoms with van der Waals surface area (Å²) >= 11 is 0. The molecule has 1 heterocycles. The normalized spacial score (nSPS) is 10.6. The summed E-state index contributed by atoms with van der Waals surface area (Å²) in [5, 5.41) is 11.0. The van der Waals surface area contributed by atoms with Crippen molar-refractivity contribution in [1.82, 2.24) is 20.3 Å². The Morgan fingerprint density at radius 1 is 1.12 bits per heavy atom. The fourth-order valence-corrected chi connectivity index (χ4v) is 2.51. The summed E-state index contributed by atoms with van der Waals surface area (Å²) in [5.74, 6) is -0.575. The number of aryl methyl sites for hydroxylation is 1. The largest absolute Gasteiger partial charge is 0.465 e. The molecule has 25 heavy (non-hydrogen) atoms. The molecule has 0 bridgehead atoms. The molecule has 0 saturated heterocycles. The van der Waals surface area contributed by atoms with Gasteiger partial charge in [-0.25, -0.2) is 9.48 Å². The zero-order valence-corrected chi connectivity index (χ0v) is 14.0. The second kappa shape index (κ2) is 7.12. The molecule has 7 nitrogen and oxygen atoms in total. The second-order valence-electron chi connectivity index (χ2n) is 5.48. The van der Waals surface area contributed by atoms with Gasteiger partial charge in [-0.3, -0.25) is 4.79 Å². The number of hydrogen-bond donors (Lipinski definition) is 1. The number of methoxy groups -OCH3 is 1. The number of ether oxygens (including phenoxy) is 1. The highest BCUT2D eigenvalue weighted by Gasteiger charge is 2.10. The first kappa shape index (κ1) is 16.6. The molecule has 0 fully saturated rings. The van der Waals surface area contributed by atoms with E-state index in [9.17, 15) is 9.59 Å². The number of hydrogen-bond acceptors (Lipinski definition) is 5. The first-order chi connectivity index (χ1) is 12.1. The summed E-state index contributed by atoms with van der Waals surface area (Å²) in [6, 6.07) is 12.2. The van der Waals surface area contributed by atoms with Crippen LogP contribution >= 0.6 is 0 Å². The minimum atomic E-state index is -0.385. The summed E-state index contributed by atoms with van der Waals surface area (Å²) in [7, 11) is 1.34. The average Bonchev–Trinajstić information content (AvgIpc) is 3.08. The number of nitrogens with zero attached hydrogens (tertiary/aromatic N) is 3. The number of amides is 1. The standard InChI is InChI=1S/C18H18N4O3/c1-3-22-16-9-8-14(10-15(16)20-21-22)17(23)19-11-12-4-6-13(7-5-12)18(24)25-2/h4-10H,3,11H2,1-2H3,(H,19,23). The third-order valence-corrected chi connectivity index (χ3v) is 3.90. The van der Waals surface area contributed by atoms with E-state index in [1.807, 2.05) is 13.0 Å². The Hall–Kier alpha value is -3.22. The summed E-state index contributed by atoms with van der Waals surface area (Å²) in [6.45, 7) is 3.07. The van der Waals surface area contributed by atoms with Gasteiger partial charge < -0.3 is 10.1 Å². The van der Waals surface area contributed by atoms with Crippen LogP contribution in [0, 0.1) is 0 Å². The first-order valence-corrected chi connectivity index (χ1v) is 7.91. The van der Waals surface area contributed by atoms with E-state index in [4.69, 9.17) is 0 Å². The molecule has 1 N–H and O–H groups in total. The summed E-state index contributed by atoms with van der Waals surface area (Å²) in [5.41, 5.74) is 3.48. The van der Waals surface area contributed by atoms with Crippen molar-refractivity contribution in [3.8, 4) is 0 Å². The molecular formula is C18H18N4O3. The fourth-order valence-electron chi connectivity index (χ4n) is 2.51. The molecule has 128 valence electrons. The molecule has 1 aromatic heterocycles. The Bertz CT molecular complexity index is 916. The maximum atomic E-state index is 12.3. The minimum Gasteiger partial charge on any atom is -0.465 e. The van der Waals surface area contributed by atoms with E-state index in [0.29, 0.717) is 23.2 Å². The third kappa shape index (κ3) is 3.50. The number of nitrogens with one attached hydrogen (secondary N) is 1. The van der Waals surface area contributed by atoms with Gasteiger partial charge in [-0.05, 0) is 42.8 Å².